The van der Waals surface area contributed by atoms with Crippen molar-refractivity contribution in [1.82, 2.24) is 10.6 Å². The van der Waals surface area contributed by atoms with E-state index in [-0.39, 0.29) is 23.5 Å². The van der Waals surface area contributed by atoms with E-state index >= 15 is 0 Å². The highest BCUT2D eigenvalue weighted by Gasteiger charge is 2.51. The molecule has 1 aromatic carbocycles. The molecule has 0 aliphatic heterocycles. The third kappa shape index (κ3) is 3.95. The summed E-state index contributed by atoms with van der Waals surface area (Å²) in [5, 5.41) is 5.85. The van der Waals surface area contributed by atoms with Gasteiger partial charge in [-0.1, -0.05) is 24.3 Å². The molecular formula is C23H34N3O2+. The lowest BCUT2D eigenvalue weighted by atomic mass is 9.53. The largest absolute Gasteiger partial charge is 0.332 e. The molecule has 4 aliphatic carbocycles. The van der Waals surface area contributed by atoms with Crippen molar-refractivity contribution in [3.05, 3.63) is 35.4 Å². The van der Waals surface area contributed by atoms with Crippen LogP contribution in [-0.2, 0) is 11.3 Å². The average molecular weight is 385 g/mol. The molecule has 5 heteroatoms. The molecular weight excluding hydrogens is 350 g/mol. The summed E-state index contributed by atoms with van der Waals surface area (Å²) in [6.07, 6.45) is 7.29. The highest BCUT2D eigenvalue weighted by atomic mass is 16.2. The lowest BCUT2D eigenvalue weighted by Gasteiger charge is -2.56. The van der Waals surface area contributed by atoms with Gasteiger partial charge >= 0.3 is 6.03 Å². The number of benzene rings is 1. The summed E-state index contributed by atoms with van der Waals surface area (Å²) in [7, 11) is 2.01. The zero-order chi connectivity index (χ0) is 19.9. The Bertz CT molecular complexity index is 725. The summed E-state index contributed by atoms with van der Waals surface area (Å²) in [5.74, 6) is 2.11. The van der Waals surface area contributed by atoms with E-state index in [0.29, 0.717) is 0 Å². The molecule has 4 saturated carbocycles. The number of nitrogens with one attached hydrogen (secondary N) is 3. The Balaban J connectivity index is 1.31. The number of hydrogen-bond donors (Lipinski definition) is 3. The molecule has 5 rings (SSSR count). The first kappa shape index (κ1) is 19.4. The van der Waals surface area contributed by atoms with Gasteiger partial charge in [0.2, 0.25) is 0 Å². The predicted octanol–water partition coefficient (Wildman–Crippen LogP) is 2.19. The molecule has 152 valence electrons. The lowest BCUT2D eigenvalue weighted by Crippen LogP contribution is -3.12. The molecule has 2 atom stereocenters. The van der Waals surface area contributed by atoms with Gasteiger partial charge in [0, 0.05) is 11.1 Å². The van der Waals surface area contributed by atoms with Crippen molar-refractivity contribution in [3.63, 3.8) is 0 Å². The van der Waals surface area contributed by atoms with Gasteiger partial charge in [0.25, 0.3) is 5.91 Å². The molecule has 0 spiro atoms. The number of quaternary nitrogens is 1. The SMILES string of the molecule is Cc1ccccc1C[NH+](C)[C@@H](C)C(=O)NC(=O)NC12CC3CC(CC(C3)C1)C2. The van der Waals surface area contributed by atoms with E-state index in [9.17, 15) is 9.59 Å². The molecule has 0 heterocycles. The second-order valence-corrected chi connectivity index (χ2v) is 9.81. The lowest BCUT2D eigenvalue weighted by molar-refractivity contribution is -0.908. The average Bonchev–Trinajstić information content (AvgIpc) is 2.61. The van der Waals surface area contributed by atoms with E-state index in [0.717, 1.165) is 48.5 Å². The fourth-order valence-corrected chi connectivity index (χ4v) is 6.24. The van der Waals surface area contributed by atoms with Crippen molar-refractivity contribution in [2.75, 3.05) is 7.05 Å². The smallest absolute Gasteiger partial charge is 0.322 e. The highest BCUT2D eigenvalue weighted by molar-refractivity contribution is 5.96. The van der Waals surface area contributed by atoms with Gasteiger partial charge < -0.3 is 10.2 Å². The van der Waals surface area contributed by atoms with E-state index < -0.39 is 0 Å². The number of carbonyl (C=O) groups excluding carboxylic acids is 2. The summed E-state index contributed by atoms with van der Waals surface area (Å²) in [6.45, 7) is 4.74. The minimum Gasteiger partial charge on any atom is -0.332 e. The van der Waals surface area contributed by atoms with Gasteiger partial charge in [0.1, 0.15) is 6.54 Å². The minimum atomic E-state index is -0.303. The number of aryl methyl sites for hydroxylation is 1. The van der Waals surface area contributed by atoms with Crippen molar-refractivity contribution in [3.8, 4) is 0 Å². The molecule has 1 aromatic rings. The van der Waals surface area contributed by atoms with Crippen molar-refractivity contribution in [1.29, 1.82) is 0 Å². The maximum absolute atomic E-state index is 12.7. The van der Waals surface area contributed by atoms with Crippen molar-refractivity contribution >= 4 is 11.9 Å². The van der Waals surface area contributed by atoms with Crippen LogP contribution in [0.3, 0.4) is 0 Å². The van der Waals surface area contributed by atoms with Crippen LogP contribution < -0.4 is 15.5 Å². The van der Waals surface area contributed by atoms with Gasteiger partial charge in [-0.3, -0.25) is 10.1 Å². The van der Waals surface area contributed by atoms with Gasteiger partial charge in [0.05, 0.1) is 7.05 Å². The minimum absolute atomic E-state index is 0.0672. The summed E-state index contributed by atoms with van der Waals surface area (Å²) in [4.78, 5) is 26.4. The van der Waals surface area contributed by atoms with Crippen molar-refractivity contribution in [2.24, 2.45) is 17.8 Å². The van der Waals surface area contributed by atoms with E-state index in [2.05, 4.69) is 29.7 Å². The molecule has 5 nitrogen and oxygen atoms in total. The van der Waals surface area contributed by atoms with Gasteiger partial charge in [-0.25, -0.2) is 4.79 Å². The van der Waals surface area contributed by atoms with Gasteiger partial charge in [-0.15, -0.1) is 0 Å². The Kier molecular flexibility index (Phi) is 5.21. The summed E-state index contributed by atoms with van der Waals surface area (Å²) in [5.41, 5.74) is 2.40. The second kappa shape index (κ2) is 7.51. The van der Waals surface area contributed by atoms with Crippen molar-refractivity contribution < 1.29 is 14.5 Å². The Morgan fingerprint density at radius 3 is 2.25 bits per heavy atom. The van der Waals surface area contributed by atoms with Crippen LogP contribution in [0, 0.1) is 24.7 Å². The predicted molar refractivity (Wildman–Crippen MR) is 109 cm³/mol. The van der Waals surface area contributed by atoms with E-state index in [1.165, 1.54) is 30.4 Å². The fourth-order valence-electron chi connectivity index (χ4n) is 6.24. The third-order valence-corrected chi connectivity index (χ3v) is 7.52. The third-order valence-electron chi connectivity index (χ3n) is 7.52. The highest BCUT2D eigenvalue weighted by Crippen LogP contribution is 2.55. The molecule has 3 N–H and O–H groups in total. The van der Waals surface area contributed by atoms with Crippen LogP contribution in [-0.4, -0.2) is 30.6 Å². The normalized spacial score (nSPS) is 32.6. The summed E-state index contributed by atoms with van der Waals surface area (Å²) in [6, 6.07) is 7.65. The molecule has 0 radical (unpaired) electrons. The first-order valence-corrected chi connectivity index (χ1v) is 10.8. The molecule has 1 unspecified atom stereocenters. The first-order chi connectivity index (χ1) is 13.3. The molecule has 3 amide bonds. The first-order valence-electron chi connectivity index (χ1n) is 10.8. The monoisotopic (exact) mass is 384 g/mol. The second-order valence-electron chi connectivity index (χ2n) is 9.81. The number of likely N-dealkylation sites (N-methyl/N-ethyl adjacent to an activating group) is 1. The van der Waals surface area contributed by atoms with E-state index in [4.69, 9.17) is 0 Å². The molecule has 0 saturated heterocycles. The number of hydrogen-bond acceptors (Lipinski definition) is 2. The molecule has 28 heavy (non-hydrogen) atoms. The van der Waals surface area contributed by atoms with Crippen LogP contribution in [0.4, 0.5) is 4.79 Å². The number of imide groups is 1. The molecule has 0 aromatic heterocycles. The summed E-state index contributed by atoms with van der Waals surface area (Å²) < 4.78 is 0. The standard InChI is InChI=1S/C23H33N3O2/c1-15-6-4-5-7-20(15)14-26(3)16(2)21(27)24-22(28)25-23-11-17-8-18(12-23)10-19(9-17)13-23/h4-7,16-19H,8-14H2,1-3H3,(H2,24,25,27,28)/p+1/t16-,17?,18?,19?,23?/m0/s1. The quantitative estimate of drug-likeness (QED) is 0.729. The van der Waals surface area contributed by atoms with Crippen LogP contribution in [0.2, 0.25) is 0 Å². The molecule has 4 bridgehead atoms. The van der Waals surface area contributed by atoms with Gasteiger partial charge in [-0.2, -0.15) is 0 Å². The maximum Gasteiger partial charge on any atom is 0.322 e. The zero-order valence-electron chi connectivity index (χ0n) is 17.4. The number of rotatable bonds is 5. The van der Waals surface area contributed by atoms with Crippen LogP contribution in [0.5, 0.6) is 0 Å². The van der Waals surface area contributed by atoms with Crippen LogP contribution in [0.1, 0.15) is 56.6 Å². The van der Waals surface area contributed by atoms with Crippen LogP contribution in [0.25, 0.3) is 0 Å². The Hall–Kier alpha value is -1.88. The molecule has 4 aliphatic rings. The molecule has 4 fully saturated rings. The van der Waals surface area contributed by atoms with E-state index in [1.54, 1.807) is 0 Å². The zero-order valence-corrected chi connectivity index (χ0v) is 17.4. The van der Waals surface area contributed by atoms with Gasteiger partial charge in [-0.05, 0) is 75.7 Å². The van der Waals surface area contributed by atoms with Crippen LogP contribution >= 0.6 is 0 Å². The van der Waals surface area contributed by atoms with Crippen molar-refractivity contribution in [2.45, 2.75) is 70.5 Å². The number of carbonyl (C=O) groups is 2. The Morgan fingerprint density at radius 2 is 1.68 bits per heavy atom. The van der Waals surface area contributed by atoms with Crippen LogP contribution in [0.15, 0.2) is 24.3 Å². The Labute approximate surface area is 168 Å². The number of amides is 3. The fraction of sp³-hybridized carbons (Fsp3) is 0.652. The Morgan fingerprint density at radius 1 is 1.11 bits per heavy atom. The summed E-state index contributed by atoms with van der Waals surface area (Å²) >= 11 is 0. The van der Waals surface area contributed by atoms with E-state index in [1.807, 2.05) is 26.1 Å². The number of urea groups is 1. The van der Waals surface area contributed by atoms with Gasteiger partial charge in [0.15, 0.2) is 6.04 Å². The topological polar surface area (TPSA) is 62.6 Å². The maximum atomic E-state index is 12.7.